The van der Waals surface area contributed by atoms with Crippen LogP contribution in [0.15, 0.2) is 0 Å². The summed E-state index contributed by atoms with van der Waals surface area (Å²) in [5.41, 5.74) is 0. The van der Waals surface area contributed by atoms with Gasteiger partial charge in [0, 0.05) is 12.3 Å². The smallest absolute Gasteiger partial charge is 0.406 e. The second kappa shape index (κ2) is 6.33. The van der Waals surface area contributed by atoms with E-state index in [4.69, 9.17) is 10.2 Å². The van der Waals surface area contributed by atoms with Gasteiger partial charge >= 0.3 is 18.2 Å². The van der Waals surface area contributed by atoms with E-state index in [0.29, 0.717) is 4.90 Å². The van der Waals surface area contributed by atoms with Crippen LogP contribution in [0.4, 0.5) is 18.0 Å². The molecule has 1 atom stereocenters. The molecule has 1 fully saturated rings. The molecular weight excluding hydrogens is 289 g/mol. The summed E-state index contributed by atoms with van der Waals surface area (Å²) in [4.78, 5) is 24.1. The fourth-order valence-electron chi connectivity index (χ4n) is 1.60. The largest absolute Gasteiger partial charge is 0.480 e. The standard InChI is InChI=1S/C9H13F3N2O4S/c10-9(11,12)4-13(1-2-15)8(18)14-5-19-3-6(14)7(16)17/h6,15H,1-5H2,(H,16,17)/t6-/m0/s1. The molecular formula is C9H13F3N2O4S. The van der Waals surface area contributed by atoms with E-state index in [2.05, 4.69) is 0 Å². The Kier molecular flexibility index (Phi) is 5.29. The second-order valence-electron chi connectivity index (χ2n) is 3.87. The molecule has 19 heavy (non-hydrogen) atoms. The van der Waals surface area contributed by atoms with E-state index in [1.165, 1.54) is 0 Å². The van der Waals surface area contributed by atoms with E-state index in [9.17, 15) is 22.8 Å². The van der Waals surface area contributed by atoms with E-state index in [1.807, 2.05) is 0 Å². The topological polar surface area (TPSA) is 81.1 Å². The number of aliphatic carboxylic acids is 1. The van der Waals surface area contributed by atoms with Crippen LogP contribution < -0.4 is 0 Å². The highest BCUT2D eigenvalue weighted by Gasteiger charge is 2.40. The molecule has 0 aromatic heterocycles. The summed E-state index contributed by atoms with van der Waals surface area (Å²) in [6.45, 7) is -2.63. The highest BCUT2D eigenvalue weighted by Crippen LogP contribution is 2.24. The van der Waals surface area contributed by atoms with Gasteiger partial charge in [0.2, 0.25) is 0 Å². The average Bonchev–Trinajstić information content (AvgIpc) is 2.74. The maximum Gasteiger partial charge on any atom is 0.406 e. The van der Waals surface area contributed by atoms with Crippen molar-refractivity contribution in [3.63, 3.8) is 0 Å². The second-order valence-corrected chi connectivity index (χ2v) is 4.87. The molecule has 1 heterocycles. The number of carboxylic acid groups (broad SMARTS) is 1. The van der Waals surface area contributed by atoms with E-state index in [-0.39, 0.29) is 11.6 Å². The average molecular weight is 302 g/mol. The van der Waals surface area contributed by atoms with Crippen molar-refractivity contribution in [1.82, 2.24) is 9.80 Å². The lowest BCUT2D eigenvalue weighted by Gasteiger charge is -2.29. The molecule has 0 aromatic carbocycles. The molecule has 0 saturated carbocycles. The zero-order valence-corrected chi connectivity index (χ0v) is 10.6. The van der Waals surface area contributed by atoms with Crippen LogP contribution in [-0.4, -0.2) is 75.6 Å². The van der Waals surface area contributed by atoms with Crippen molar-refractivity contribution in [2.45, 2.75) is 12.2 Å². The Bertz CT molecular complexity index is 353. The summed E-state index contributed by atoms with van der Waals surface area (Å²) in [7, 11) is 0. The summed E-state index contributed by atoms with van der Waals surface area (Å²) in [6, 6.07) is -2.16. The van der Waals surface area contributed by atoms with Crippen LogP contribution in [0.1, 0.15) is 0 Å². The number of carbonyl (C=O) groups excluding carboxylic acids is 1. The monoisotopic (exact) mass is 302 g/mol. The first-order chi connectivity index (χ1) is 8.76. The first-order valence-electron chi connectivity index (χ1n) is 5.30. The molecule has 1 aliphatic heterocycles. The molecule has 0 unspecified atom stereocenters. The van der Waals surface area contributed by atoms with Crippen molar-refractivity contribution in [2.24, 2.45) is 0 Å². The lowest BCUT2D eigenvalue weighted by molar-refractivity contribution is -0.144. The minimum absolute atomic E-state index is 0.0234. The van der Waals surface area contributed by atoms with E-state index in [0.717, 1.165) is 16.7 Å². The fraction of sp³-hybridized carbons (Fsp3) is 0.778. The Morgan fingerprint density at radius 1 is 1.42 bits per heavy atom. The number of carbonyl (C=O) groups is 2. The molecule has 2 N–H and O–H groups in total. The number of nitrogens with zero attached hydrogens (tertiary/aromatic N) is 2. The van der Waals surface area contributed by atoms with Crippen molar-refractivity contribution in [2.75, 3.05) is 31.3 Å². The van der Waals surface area contributed by atoms with Gasteiger partial charge in [-0.05, 0) is 0 Å². The molecule has 1 saturated heterocycles. The maximum atomic E-state index is 12.3. The van der Waals surface area contributed by atoms with Crippen LogP contribution in [0.2, 0.25) is 0 Å². The van der Waals surface area contributed by atoms with Crippen molar-refractivity contribution >= 4 is 23.8 Å². The van der Waals surface area contributed by atoms with Crippen LogP contribution in [0.3, 0.4) is 0 Å². The zero-order valence-electron chi connectivity index (χ0n) is 9.76. The number of carboxylic acids is 1. The highest BCUT2D eigenvalue weighted by atomic mass is 32.2. The number of aliphatic hydroxyl groups excluding tert-OH is 1. The third-order valence-corrected chi connectivity index (χ3v) is 3.44. The number of amides is 2. The van der Waals surface area contributed by atoms with Crippen molar-refractivity contribution in [1.29, 1.82) is 0 Å². The molecule has 10 heteroatoms. The minimum Gasteiger partial charge on any atom is -0.480 e. The number of urea groups is 1. The van der Waals surface area contributed by atoms with Crippen molar-refractivity contribution in [3.8, 4) is 0 Å². The first kappa shape index (κ1) is 15.9. The van der Waals surface area contributed by atoms with Gasteiger partial charge in [0.25, 0.3) is 0 Å². The Morgan fingerprint density at radius 3 is 2.53 bits per heavy atom. The van der Waals surface area contributed by atoms with Gasteiger partial charge in [-0.1, -0.05) is 0 Å². The summed E-state index contributed by atoms with van der Waals surface area (Å²) in [5.74, 6) is -1.09. The normalized spacial score (nSPS) is 19.6. The summed E-state index contributed by atoms with van der Waals surface area (Å²) >= 11 is 1.15. The molecule has 0 bridgehead atoms. The predicted molar refractivity (Wildman–Crippen MR) is 60.7 cm³/mol. The van der Waals surface area contributed by atoms with Crippen LogP contribution in [0, 0.1) is 0 Å². The van der Waals surface area contributed by atoms with Crippen molar-refractivity contribution in [3.05, 3.63) is 0 Å². The van der Waals surface area contributed by atoms with Gasteiger partial charge in [0.15, 0.2) is 0 Å². The number of hydrogen-bond acceptors (Lipinski definition) is 4. The molecule has 0 radical (unpaired) electrons. The Hall–Kier alpha value is -1.16. The van der Waals surface area contributed by atoms with Crippen LogP contribution in [0.25, 0.3) is 0 Å². The zero-order chi connectivity index (χ0) is 14.6. The summed E-state index contributed by atoms with van der Waals surface area (Å²) in [6.07, 6.45) is -4.60. The third kappa shape index (κ3) is 4.46. The molecule has 0 aliphatic carbocycles. The van der Waals surface area contributed by atoms with E-state index >= 15 is 0 Å². The number of halogens is 3. The number of rotatable bonds is 4. The van der Waals surface area contributed by atoms with Gasteiger partial charge in [0.1, 0.15) is 12.6 Å². The predicted octanol–water partition coefficient (Wildman–Crippen LogP) is 0.422. The first-order valence-corrected chi connectivity index (χ1v) is 6.45. The summed E-state index contributed by atoms with van der Waals surface area (Å²) in [5, 5.41) is 17.6. The van der Waals surface area contributed by atoms with Crippen LogP contribution in [0.5, 0.6) is 0 Å². The summed E-state index contributed by atoms with van der Waals surface area (Å²) < 4.78 is 36.9. The van der Waals surface area contributed by atoms with Crippen LogP contribution >= 0.6 is 11.8 Å². The lowest BCUT2D eigenvalue weighted by atomic mass is 10.3. The molecule has 1 rings (SSSR count). The van der Waals surface area contributed by atoms with E-state index < -0.39 is 43.9 Å². The Morgan fingerprint density at radius 2 is 2.05 bits per heavy atom. The molecule has 1 aliphatic rings. The minimum atomic E-state index is -4.60. The SMILES string of the molecule is O=C(O)[C@@H]1CSCN1C(=O)N(CCO)CC(F)(F)F. The fourth-order valence-corrected chi connectivity index (χ4v) is 2.74. The molecule has 0 spiro atoms. The number of alkyl halides is 3. The Labute approximate surface area is 111 Å². The lowest BCUT2D eigenvalue weighted by Crippen LogP contribution is -2.51. The van der Waals surface area contributed by atoms with Gasteiger partial charge in [-0.15, -0.1) is 11.8 Å². The molecule has 6 nitrogen and oxygen atoms in total. The maximum absolute atomic E-state index is 12.3. The van der Waals surface area contributed by atoms with Gasteiger partial charge < -0.3 is 20.0 Å². The Balaban J connectivity index is 2.78. The molecule has 110 valence electrons. The highest BCUT2D eigenvalue weighted by molar-refractivity contribution is 7.99. The van der Waals surface area contributed by atoms with Gasteiger partial charge in [0.05, 0.1) is 12.5 Å². The van der Waals surface area contributed by atoms with Crippen LogP contribution in [-0.2, 0) is 4.79 Å². The van der Waals surface area contributed by atoms with Gasteiger partial charge in [-0.2, -0.15) is 13.2 Å². The quantitative estimate of drug-likeness (QED) is 0.787. The van der Waals surface area contributed by atoms with Crippen molar-refractivity contribution < 1.29 is 33.0 Å². The molecule has 2 amide bonds. The number of thioether (sulfide) groups is 1. The van der Waals surface area contributed by atoms with E-state index in [1.54, 1.807) is 0 Å². The number of aliphatic hydroxyl groups is 1. The van der Waals surface area contributed by atoms with Gasteiger partial charge in [-0.3, -0.25) is 0 Å². The number of hydrogen-bond donors (Lipinski definition) is 2. The molecule has 0 aromatic rings. The van der Waals surface area contributed by atoms with Gasteiger partial charge in [-0.25, -0.2) is 9.59 Å². The third-order valence-electron chi connectivity index (χ3n) is 2.42.